The minimum absolute atomic E-state index is 0. The maximum Gasteiger partial charge on any atom is 0.115 e. The molecule has 0 radical (unpaired) electrons. The van der Waals surface area contributed by atoms with Gasteiger partial charge in [-0.25, -0.2) is 0 Å². The fourth-order valence-electron chi connectivity index (χ4n) is 1.69. The van der Waals surface area contributed by atoms with E-state index in [1.165, 1.54) is 0 Å². The number of nitrogens with zero attached hydrogens (tertiary/aromatic N) is 1. The number of nitrogens with one attached hydrogen (secondary N) is 1. The maximum absolute atomic E-state index is 9.93. The van der Waals surface area contributed by atoms with Crippen LogP contribution in [-0.2, 0) is 6.54 Å². The zero-order valence-electron chi connectivity index (χ0n) is 10.4. The van der Waals surface area contributed by atoms with Gasteiger partial charge in [-0.1, -0.05) is 18.2 Å². The van der Waals surface area contributed by atoms with Crippen LogP contribution in [0.4, 0.5) is 0 Å². The van der Waals surface area contributed by atoms with Crippen LogP contribution in [0.1, 0.15) is 17.4 Å². The first-order valence-electron chi connectivity index (χ1n) is 5.83. The summed E-state index contributed by atoms with van der Waals surface area (Å²) >= 11 is 0. The molecule has 1 atom stereocenters. The Balaban J connectivity index is 0.00000180. The van der Waals surface area contributed by atoms with Crippen molar-refractivity contribution in [3.8, 4) is 5.75 Å². The van der Waals surface area contributed by atoms with Gasteiger partial charge in [0.2, 0.25) is 0 Å². The molecule has 0 spiro atoms. The number of halogens is 1. The highest BCUT2D eigenvalue weighted by Crippen LogP contribution is 2.17. The zero-order valence-corrected chi connectivity index (χ0v) is 11.2. The van der Waals surface area contributed by atoms with Crippen molar-refractivity contribution in [3.63, 3.8) is 0 Å². The highest BCUT2D eigenvalue weighted by atomic mass is 35.5. The molecule has 2 rings (SSSR count). The van der Waals surface area contributed by atoms with Gasteiger partial charge in [-0.05, 0) is 29.8 Å². The van der Waals surface area contributed by atoms with Crippen LogP contribution in [0.5, 0.6) is 5.75 Å². The summed E-state index contributed by atoms with van der Waals surface area (Å²) in [6.45, 7) is 1.02. The summed E-state index contributed by atoms with van der Waals surface area (Å²) in [5.74, 6) is 0.163. The number of hydrogen-bond donors (Lipinski definition) is 3. The van der Waals surface area contributed by atoms with Gasteiger partial charge in [0.15, 0.2) is 0 Å². The maximum atomic E-state index is 9.93. The summed E-state index contributed by atoms with van der Waals surface area (Å²) in [5.41, 5.74) is 1.63. The first-order valence-corrected chi connectivity index (χ1v) is 5.83. The van der Waals surface area contributed by atoms with Crippen molar-refractivity contribution in [2.45, 2.75) is 12.6 Å². The van der Waals surface area contributed by atoms with Gasteiger partial charge < -0.3 is 15.5 Å². The topological polar surface area (TPSA) is 65.4 Å². The van der Waals surface area contributed by atoms with Crippen LogP contribution in [0.15, 0.2) is 48.7 Å². The van der Waals surface area contributed by atoms with Gasteiger partial charge in [-0.2, -0.15) is 0 Å². The highest BCUT2D eigenvalue weighted by molar-refractivity contribution is 5.85. The molecule has 5 heteroatoms. The van der Waals surface area contributed by atoms with Crippen molar-refractivity contribution in [1.82, 2.24) is 10.3 Å². The molecular formula is C14H17ClN2O2. The number of aliphatic hydroxyl groups excluding tert-OH is 1. The Morgan fingerprint density at radius 3 is 2.68 bits per heavy atom. The van der Waals surface area contributed by atoms with Crippen LogP contribution >= 0.6 is 12.4 Å². The molecule has 0 saturated heterocycles. The Labute approximate surface area is 118 Å². The average Bonchev–Trinajstić information content (AvgIpc) is 2.40. The van der Waals surface area contributed by atoms with Gasteiger partial charge >= 0.3 is 0 Å². The second-order valence-electron chi connectivity index (χ2n) is 4.06. The summed E-state index contributed by atoms with van der Waals surface area (Å²) in [6, 6.07) is 12.4. The zero-order chi connectivity index (χ0) is 12.8. The van der Waals surface area contributed by atoms with Crippen molar-refractivity contribution >= 4 is 12.4 Å². The average molecular weight is 281 g/mol. The lowest BCUT2D eigenvalue weighted by atomic mass is 10.1. The van der Waals surface area contributed by atoms with Crippen LogP contribution < -0.4 is 5.32 Å². The molecule has 102 valence electrons. The first-order chi connectivity index (χ1) is 8.75. The van der Waals surface area contributed by atoms with E-state index >= 15 is 0 Å². The van der Waals surface area contributed by atoms with Crippen molar-refractivity contribution < 1.29 is 10.2 Å². The summed E-state index contributed by atoms with van der Waals surface area (Å²) < 4.78 is 0. The number of phenols is 1. The SMILES string of the molecule is Cl.Oc1cccc(C(O)CNCc2ccccn2)c1. The summed E-state index contributed by atoms with van der Waals surface area (Å²) in [6.07, 6.45) is 1.10. The molecule has 4 nitrogen and oxygen atoms in total. The number of benzene rings is 1. The third kappa shape index (κ3) is 4.87. The van der Waals surface area contributed by atoms with Gasteiger partial charge in [0, 0.05) is 19.3 Å². The normalized spacial score (nSPS) is 11.6. The van der Waals surface area contributed by atoms with Crippen LogP contribution in [0.2, 0.25) is 0 Å². The molecule has 1 aromatic heterocycles. The minimum Gasteiger partial charge on any atom is -0.508 e. The van der Waals surface area contributed by atoms with E-state index in [9.17, 15) is 10.2 Å². The molecule has 0 aliphatic rings. The van der Waals surface area contributed by atoms with E-state index in [4.69, 9.17) is 0 Å². The number of hydrogen-bond acceptors (Lipinski definition) is 4. The number of pyridine rings is 1. The van der Waals surface area contributed by atoms with Crippen LogP contribution in [0, 0.1) is 0 Å². The fourth-order valence-corrected chi connectivity index (χ4v) is 1.69. The van der Waals surface area contributed by atoms with E-state index in [-0.39, 0.29) is 18.2 Å². The van der Waals surface area contributed by atoms with E-state index in [2.05, 4.69) is 10.3 Å². The molecule has 3 N–H and O–H groups in total. The Bertz CT molecular complexity index is 494. The number of aromatic hydroxyl groups is 1. The molecule has 19 heavy (non-hydrogen) atoms. The number of phenolic OH excluding ortho intramolecular Hbond substituents is 1. The molecule has 2 aromatic rings. The van der Waals surface area contributed by atoms with Crippen molar-refractivity contribution in [3.05, 3.63) is 59.9 Å². The molecule has 0 aliphatic heterocycles. The number of aliphatic hydroxyl groups is 1. The molecule has 1 heterocycles. The second-order valence-corrected chi connectivity index (χ2v) is 4.06. The smallest absolute Gasteiger partial charge is 0.115 e. The summed E-state index contributed by atoms with van der Waals surface area (Å²) in [4.78, 5) is 4.18. The Hall–Kier alpha value is -1.62. The van der Waals surface area contributed by atoms with E-state index in [1.807, 2.05) is 18.2 Å². The fraction of sp³-hybridized carbons (Fsp3) is 0.214. The third-order valence-electron chi connectivity index (χ3n) is 2.62. The lowest BCUT2D eigenvalue weighted by molar-refractivity contribution is 0.174. The molecule has 1 aromatic carbocycles. The number of aromatic nitrogens is 1. The van der Waals surface area contributed by atoms with E-state index in [1.54, 1.807) is 30.5 Å². The standard InChI is InChI=1S/C14H16N2O2.ClH/c17-13-6-3-4-11(8-13)14(18)10-15-9-12-5-1-2-7-16-12;/h1-8,14-15,17-18H,9-10H2;1H. The van der Waals surface area contributed by atoms with Gasteiger partial charge in [0.1, 0.15) is 5.75 Å². The van der Waals surface area contributed by atoms with Crippen LogP contribution in [0.25, 0.3) is 0 Å². The predicted molar refractivity (Wildman–Crippen MR) is 76.3 cm³/mol. The Morgan fingerprint density at radius 2 is 2.00 bits per heavy atom. The summed E-state index contributed by atoms with van der Waals surface area (Å²) in [7, 11) is 0. The van der Waals surface area contributed by atoms with Gasteiger partial charge in [0.05, 0.1) is 11.8 Å². The van der Waals surface area contributed by atoms with Crippen LogP contribution in [0.3, 0.4) is 0 Å². The van der Waals surface area contributed by atoms with Crippen molar-refractivity contribution in [2.75, 3.05) is 6.54 Å². The van der Waals surface area contributed by atoms with E-state index in [0.29, 0.717) is 18.7 Å². The molecule has 0 saturated carbocycles. The van der Waals surface area contributed by atoms with Crippen molar-refractivity contribution in [2.24, 2.45) is 0 Å². The van der Waals surface area contributed by atoms with Gasteiger partial charge in [-0.15, -0.1) is 12.4 Å². The van der Waals surface area contributed by atoms with E-state index < -0.39 is 6.10 Å². The molecule has 0 bridgehead atoms. The molecule has 1 unspecified atom stereocenters. The Morgan fingerprint density at radius 1 is 1.16 bits per heavy atom. The first kappa shape index (κ1) is 15.4. The second kappa shape index (κ2) is 7.74. The van der Waals surface area contributed by atoms with Gasteiger partial charge in [-0.3, -0.25) is 4.98 Å². The molecular weight excluding hydrogens is 264 g/mol. The summed E-state index contributed by atoms with van der Waals surface area (Å²) in [5, 5.41) is 22.4. The third-order valence-corrected chi connectivity index (χ3v) is 2.62. The highest BCUT2D eigenvalue weighted by Gasteiger charge is 2.07. The van der Waals surface area contributed by atoms with E-state index in [0.717, 1.165) is 5.69 Å². The number of rotatable bonds is 5. The monoisotopic (exact) mass is 280 g/mol. The lowest BCUT2D eigenvalue weighted by Gasteiger charge is -2.12. The predicted octanol–water partition coefficient (Wildman–Crippen LogP) is 2.03. The Kier molecular flexibility index (Phi) is 6.29. The van der Waals surface area contributed by atoms with Crippen molar-refractivity contribution in [1.29, 1.82) is 0 Å². The van der Waals surface area contributed by atoms with Gasteiger partial charge in [0.25, 0.3) is 0 Å². The lowest BCUT2D eigenvalue weighted by Crippen LogP contribution is -2.21. The molecule has 0 fully saturated rings. The molecule has 0 amide bonds. The molecule has 0 aliphatic carbocycles. The minimum atomic E-state index is -0.638. The van der Waals surface area contributed by atoms with Crippen LogP contribution in [-0.4, -0.2) is 21.7 Å². The quantitative estimate of drug-likeness (QED) is 0.784. The largest absolute Gasteiger partial charge is 0.508 e.